The first-order chi connectivity index (χ1) is 28.3. The van der Waals surface area contributed by atoms with Gasteiger partial charge in [-0.1, -0.05) is 164 Å². The predicted octanol–water partition coefficient (Wildman–Crippen LogP) is 15.2. The Hall–Kier alpha value is -7.62. The Morgan fingerprint density at radius 2 is 0.947 bits per heavy atom. The van der Waals surface area contributed by atoms with E-state index >= 15 is 0 Å². The predicted molar refractivity (Wildman–Crippen MR) is 239 cm³/mol. The molecule has 11 rings (SSSR count). The molecule has 3 nitrogen and oxygen atoms in total. The highest BCUT2D eigenvalue weighted by Crippen LogP contribution is 2.48. The van der Waals surface area contributed by atoms with Gasteiger partial charge in [0.1, 0.15) is 11.2 Å². The highest BCUT2D eigenvalue weighted by atomic mass is 16.3. The molecule has 0 amide bonds. The second kappa shape index (κ2) is 13.6. The lowest BCUT2D eigenvalue weighted by Crippen LogP contribution is -2.11. The highest BCUT2D eigenvalue weighted by molar-refractivity contribution is 6.18. The average Bonchev–Trinajstić information content (AvgIpc) is 3.84. The van der Waals surface area contributed by atoms with Gasteiger partial charge in [-0.15, -0.1) is 0 Å². The zero-order valence-corrected chi connectivity index (χ0v) is 31.1. The van der Waals surface area contributed by atoms with Crippen LogP contribution in [0.5, 0.6) is 0 Å². The van der Waals surface area contributed by atoms with Crippen LogP contribution in [0.3, 0.4) is 0 Å². The van der Waals surface area contributed by atoms with Gasteiger partial charge in [0.2, 0.25) is 0 Å². The fourth-order valence-electron chi connectivity index (χ4n) is 8.70. The van der Waals surface area contributed by atoms with Crippen molar-refractivity contribution in [3.05, 3.63) is 218 Å². The summed E-state index contributed by atoms with van der Waals surface area (Å²) in [6.45, 7) is 0. The molecule has 2 aromatic heterocycles. The van der Waals surface area contributed by atoms with Gasteiger partial charge in [0.05, 0.1) is 28.1 Å². The lowest BCUT2D eigenvalue weighted by Gasteiger charge is -2.29. The van der Waals surface area contributed by atoms with Crippen LogP contribution >= 0.6 is 0 Å². The monoisotopic (exact) mass is 728 g/mol. The van der Waals surface area contributed by atoms with E-state index in [-0.39, 0.29) is 0 Å². The molecular formula is C54H36N2O. The van der Waals surface area contributed by atoms with E-state index in [1.54, 1.807) is 0 Å². The van der Waals surface area contributed by atoms with Crippen LogP contribution < -0.4 is 4.90 Å². The van der Waals surface area contributed by atoms with Crippen LogP contribution in [0.25, 0.3) is 82.8 Å². The summed E-state index contributed by atoms with van der Waals surface area (Å²) >= 11 is 0. The van der Waals surface area contributed by atoms with Gasteiger partial charge in [0.15, 0.2) is 0 Å². The minimum Gasteiger partial charge on any atom is -0.455 e. The number of anilines is 3. The van der Waals surface area contributed by atoms with E-state index in [9.17, 15) is 0 Å². The van der Waals surface area contributed by atoms with Crippen molar-refractivity contribution in [3.8, 4) is 39.1 Å². The number of aromatic nitrogens is 1. The molecule has 0 atom stereocenters. The van der Waals surface area contributed by atoms with Crippen LogP contribution in [0.15, 0.2) is 223 Å². The number of benzene rings is 9. The van der Waals surface area contributed by atoms with E-state index in [4.69, 9.17) is 4.42 Å². The van der Waals surface area contributed by atoms with Crippen molar-refractivity contribution in [1.29, 1.82) is 0 Å². The molecule has 0 N–H and O–H groups in total. The van der Waals surface area contributed by atoms with Crippen molar-refractivity contribution in [3.63, 3.8) is 0 Å². The number of rotatable bonds is 7. The van der Waals surface area contributed by atoms with Crippen molar-refractivity contribution in [2.24, 2.45) is 0 Å². The molecule has 0 aliphatic carbocycles. The lowest BCUT2D eigenvalue weighted by atomic mass is 9.97. The SMILES string of the molecule is c1ccc(-c2cccc(-c3ccccc3N(c3ccccc3)c3cccc4c3c3ccccc3n4-c3ccccc3-c3cccc4c3oc3ccccc34)c2)cc1. The molecule has 2 heterocycles. The maximum Gasteiger partial charge on any atom is 0.143 e. The zero-order chi connectivity index (χ0) is 37.7. The van der Waals surface area contributed by atoms with Crippen LogP contribution in [-0.2, 0) is 0 Å². The van der Waals surface area contributed by atoms with E-state index in [2.05, 4.69) is 222 Å². The first-order valence-electron chi connectivity index (χ1n) is 19.4. The van der Waals surface area contributed by atoms with Gasteiger partial charge in [-0.05, 0) is 71.3 Å². The summed E-state index contributed by atoms with van der Waals surface area (Å²) in [6.07, 6.45) is 0. The summed E-state index contributed by atoms with van der Waals surface area (Å²) in [5.74, 6) is 0. The van der Waals surface area contributed by atoms with E-state index in [0.717, 1.165) is 78.0 Å². The Labute approximate surface area is 330 Å². The Balaban J connectivity index is 1.16. The minimum absolute atomic E-state index is 0.895. The molecule has 0 spiro atoms. The van der Waals surface area contributed by atoms with Gasteiger partial charge >= 0.3 is 0 Å². The summed E-state index contributed by atoms with van der Waals surface area (Å²) in [5.41, 5.74) is 15.3. The van der Waals surface area contributed by atoms with Gasteiger partial charge in [-0.2, -0.15) is 0 Å². The third-order valence-electron chi connectivity index (χ3n) is 11.2. The van der Waals surface area contributed by atoms with Crippen LogP contribution in [0, 0.1) is 0 Å². The standard InChI is InChI=1S/C54H36N2O/c1-3-18-37(19-4-1)38-20-15-21-39(36-38)41-24-7-11-30-47(41)55(40-22-5-2-6-23-40)50-33-17-34-51-53(50)46-27-9-13-32-49(46)56(51)48-31-12-8-25-42(48)44-28-16-29-45-43-26-10-14-35-52(43)57-54(44)45/h1-36H. The molecule has 0 aliphatic heterocycles. The van der Waals surface area contributed by atoms with E-state index in [1.165, 1.54) is 21.9 Å². The first-order valence-corrected chi connectivity index (χ1v) is 19.4. The highest BCUT2D eigenvalue weighted by Gasteiger charge is 2.24. The third kappa shape index (κ3) is 5.43. The summed E-state index contributed by atoms with van der Waals surface area (Å²) in [5, 5.41) is 4.61. The number of fused-ring (bicyclic) bond motifs is 6. The number of para-hydroxylation sites is 6. The number of hydrogen-bond donors (Lipinski definition) is 0. The van der Waals surface area contributed by atoms with Crippen LogP contribution in [0.4, 0.5) is 17.1 Å². The Bertz CT molecular complexity index is 3250. The fourth-order valence-corrected chi connectivity index (χ4v) is 8.70. The van der Waals surface area contributed by atoms with Crippen molar-refractivity contribution in [2.45, 2.75) is 0 Å². The van der Waals surface area contributed by atoms with Crippen LogP contribution in [0.2, 0.25) is 0 Å². The molecule has 11 aromatic rings. The largest absolute Gasteiger partial charge is 0.455 e. The Morgan fingerprint density at radius 1 is 0.368 bits per heavy atom. The maximum atomic E-state index is 6.60. The first kappa shape index (κ1) is 32.8. The zero-order valence-electron chi connectivity index (χ0n) is 31.1. The van der Waals surface area contributed by atoms with E-state index < -0.39 is 0 Å². The normalized spacial score (nSPS) is 11.5. The fraction of sp³-hybridized carbons (Fsp3) is 0. The second-order valence-corrected chi connectivity index (χ2v) is 14.5. The minimum atomic E-state index is 0.895. The van der Waals surface area contributed by atoms with Crippen molar-refractivity contribution in [1.82, 2.24) is 4.57 Å². The smallest absolute Gasteiger partial charge is 0.143 e. The van der Waals surface area contributed by atoms with Crippen LogP contribution in [0.1, 0.15) is 0 Å². The molecule has 0 bridgehead atoms. The summed E-state index contributed by atoms with van der Waals surface area (Å²) < 4.78 is 9.03. The summed E-state index contributed by atoms with van der Waals surface area (Å²) in [4.78, 5) is 2.44. The number of nitrogens with zero attached hydrogens (tertiary/aromatic N) is 2. The molecule has 9 aromatic carbocycles. The van der Waals surface area contributed by atoms with Gasteiger partial charge < -0.3 is 13.9 Å². The quantitative estimate of drug-likeness (QED) is 0.163. The van der Waals surface area contributed by atoms with Crippen molar-refractivity contribution in [2.75, 3.05) is 4.90 Å². The number of hydrogen-bond acceptors (Lipinski definition) is 2. The second-order valence-electron chi connectivity index (χ2n) is 14.5. The molecule has 3 heteroatoms. The molecule has 268 valence electrons. The van der Waals surface area contributed by atoms with E-state index in [0.29, 0.717) is 0 Å². The molecule has 57 heavy (non-hydrogen) atoms. The topological polar surface area (TPSA) is 21.3 Å². The van der Waals surface area contributed by atoms with Crippen LogP contribution in [-0.4, -0.2) is 4.57 Å². The Kier molecular flexibility index (Phi) is 7.82. The molecule has 0 radical (unpaired) electrons. The molecule has 0 unspecified atom stereocenters. The van der Waals surface area contributed by atoms with Gasteiger partial charge in [0.25, 0.3) is 0 Å². The lowest BCUT2D eigenvalue weighted by molar-refractivity contribution is 0.670. The van der Waals surface area contributed by atoms with Crippen molar-refractivity contribution >= 4 is 60.8 Å². The van der Waals surface area contributed by atoms with E-state index in [1.807, 2.05) is 6.07 Å². The maximum absolute atomic E-state index is 6.60. The average molecular weight is 729 g/mol. The summed E-state index contributed by atoms with van der Waals surface area (Å²) in [7, 11) is 0. The van der Waals surface area contributed by atoms with Gasteiger partial charge in [-0.25, -0.2) is 0 Å². The molecule has 0 saturated heterocycles. The Morgan fingerprint density at radius 3 is 1.82 bits per heavy atom. The number of furan rings is 1. The van der Waals surface area contributed by atoms with Gasteiger partial charge in [0, 0.05) is 43.9 Å². The summed E-state index contributed by atoms with van der Waals surface area (Å²) in [6, 6.07) is 78.1. The van der Waals surface area contributed by atoms with Crippen molar-refractivity contribution < 1.29 is 4.42 Å². The molecular weight excluding hydrogens is 693 g/mol. The molecule has 0 aliphatic rings. The molecule has 0 saturated carbocycles. The third-order valence-corrected chi connectivity index (χ3v) is 11.2. The van der Waals surface area contributed by atoms with Gasteiger partial charge in [-0.3, -0.25) is 0 Å². The molecule has 0 fully saturated rings.